The van der Waals surface area contributed by atoms with E-state index in [1.54, 1.807) is 7.11 Å². The fourth-order valence-electron chi connectivity index (χ4n) is 1.86. The lowest BCUT2D eigenvalue weighted by molar-refractivity contribution is 0.181. The number of ether oxygens (including phenoxy) is 1. The first-order chi connectivity index (χ1) is 9.29. The maximum absolute atomic E-state index is 10.1. The van der Waals surface area contributed by atoms with Gasteiger partial charge in [0, 0.05) is 0 Å². The summed E-state index contributed by atoms with van der Waals surface area (Å²) in [5.41, 5.74) is 2.04. The van der Waals surface area contributed by atoms with Crippen LogP contribution in [0.15, 0.2) is 60.7 Å². The van der Waals surface area contributed by atoms with Gasteiger partial charge in [0.1, 0.15) is 5.75 Å². The van der Waals surface area contributed by atoms with E-state index in [2.05, 4.69) is 0 Å². The van der Waals surface area contributed by atoms with Crippen LogP contribution in [-0.2, 0) is 0 Å². The van der Waals surface area contributed by atoms with Crippen molar-refractivity contribution in [3.8, 4) is 5.75 Å². The van der Waals surface area contributed by atoms with E-state index >= 15 is 0 Å². The zero-order valence-corrected chi connectivity index (χ0v) is 11.0. The zero-order chi connectivity index (χ0) is 13.5. The fraction of sp³-hybridized carbons (Fsp3) is 0.176. The van der Waals surface area contributed by atoms with Crippen LogP contribution in [0.4, 0.5) is 0 Å². The van der Waals surface area contributed by atoms with Crippen LogP contribution in [0.2, 0.25) is 0 Å². The van der Waals surface area contributed by atoms with Crippen molar-refractivity contribution < 1.29 is 9.84 Å². The monoisotopic (exact) mass is 254 g/mol. The lowest BCUT2D eigenvalue weighted by atomic mass is 10.1. The van der Waals surface area contributed by atoms with E-state index in [-0.39, 0.29) is 0 Å². The molecular formula is C17H18O2. The summed E-state index contributed by atoms with van der Waals surface area (Å²) in [4.78, 5) is 0. The van der Waals surface area contributed by atoms with Gasteiger partial charge in [-0.15, -0.1) is 0 Å². The quantitative estimate of drug-likeness (QED) is 0.878. The van der Waals surface area contributed by atoms with E-state index in [1.165, 1.54) is 0 Å². The summed E-state index contributed by atoms with van der Waals surface area (Å²) in [7, 11) is 1.63. The summed E-state index contributed by atoms with van der Waals surface area (Å²) in [5.74, 6) is 0.802. The summed E-state index contributed by atoms with van der Waals surface area (Å²) >= 11 is 0. The molecule has 0 heterocycles. The first kappa shape index (κ1) is 13.4. The average molecular weight is 254 g/mol. The Hall–Kier alpha value is -2.06. The van der Waals surface area contributed by atoms with Gasteiger partial charge in [-0.2, -0.15) is 0 Å². The van der Waals surface area contributed by atoms with Crippen LogP contribution in [0.5, 0.6) is 5.75 Å². The first-order valence-corrected chi connectivity index (χ1v) is 6.33. The minimum absolute atomic E-state index is 0.481. The Kier molecular flexibility index (Phi) is 4.76. The van der Waals surface area contributed by atoms with Crippen molar-refractivity contribution in [2.24, 2.45) is 0 Å². The van der Waals surface area contributed by atoms with Gasteiger partial charge in [-0.25, -0.2) is 0 Å². The number of methoxy groups -OCH3 is 1. The SMILES string of the molecule is COc1ccc([C@@H](O)C/C=C/c2ccccc2)cc1. The number of hydrogen-bond acceptors (Lipinski definition) is 2. The fourth-order valence-corrected chi connectivity index (χ4v) is 1.86. The van der Waals surface area contributed by atoms with Gasteiger partial charge in [-0.05, 0) is 29.7 Å². The van der Waals surface area contributed by atoms with Crippen molar-refractivity contribution in [3.05, 3.63) is 71.8 Å². The molecule has 2 heteroatoms. The van der Waals surface area contributed by atoms with Crippen molar-refractivity contribution >= 4 is 6.08 Å². The second kappa shape index (κ2) is 6.76. The highest BCUT2D eigenvalue weighted by molar-refractivity contribution is 5.48. The van der Waals surface area contributed by atoms with Gasteiger partial charge in [-0.3, -0.25) is 0 Å². The summed E-state index contributed by atoms with van der Waals surface area (Å²) in [6, 6.07) is 17.6. The Labute approximate surface area is 114 Å². The minimum Gasteiger partial charge on any atom is -0.497 e. The molecule has 2 nitrogen and oxygen atoms in total. The summed E-state index contributed by atoms with van der Waals surface area (Å²) < 4.78 is 5.09. The predicted molar refractivity (Wildman–Crippen MR) is 78.0 cm³/mol. The molecule has 0 aliphatic heterocycles. The molecule has 0 spiro atoms. The molecular weight excluding hydrogens is 236 g/mol. The molecule has 0 bridgehead atoms. The van der Waals surface area contributed by atoms with Crippen LogP contribution < -0.4 is 4.74 Å². The highest BCUT2D eigenvalue weighted by Gasteiger charge is 2.05. The van der Waals surface area contributed by atoms with Crippen LogP contribution in [0.25, 0.3) is 6.08 Å². The van der Waals surface area contributed by atoms with E-state index in [0.717, 1.165) is 16.9 Å². The number of rotatable bonds is 5. The molecule has 2 rings (SSSR count). The summed E-state index contributed by atoms with van der Waals surface area (Å²) in [6.07, 6.45) is 4.13. The van der Waals surface area contributed by atoms with E-state index < -0.39 is 6.10 Å². The van der Waals surface area contributed by atoms with E-state index in [1.807, 2.05) is 66.7 Å². The normalized spacial score (nSPS) is 12.5. The number of benzene rings is 2. The Bertz CT molecular complexity index is 515. The van der Waals surface area contributed by atoms with Crippen molar-refractivity contribution in [2.75, 3.05) is 7.11 Å². The standard InChI is InChI=1S/C17H18O2/c1-19-16-12-10-15(11-13-16)17(18)9-5-8-14-6-3-2-4-7-14/h2-8,10-13,17-18H,9H2,1H3/b8-5+/t17-/m0/s1. The topological polar surface area (TPSA) is 29.5 Å². The van der Waals surface area contributed by atoms with Gasteiger partial charge in [0.15, 0.2) is 0 Å². The number of hydrogen-bond donors (Lipinski definition) is 1. The molecule has 2 aromatic rings. The molecule has 0 saturated carbocycles. The van der Waals surface area contributed by atoms with Gasteiger partial charge in [-0.1, -0.05) is 54.6 Å². The molecule has 0 saturated heterocycles. The highest BCUT2D eigenvalue weighted by Crippen LogP contribution is 2.20. The molecule has 1 atom stereocenters. The third kappa shape index (κ3) is 3.97. The molecule has 0 amide bonds. The van der Waals surface area contributed by atoms with E-state index in [4.69, 9.17) is 4.74 Å². The Balaban J connectivity index is 1.93. The van der Waals surface area contributed by atoms with Crippen LogP contribution in [0.3, 0.4) is 0 Å². The lowest BCUT2D eigenvalue weighted by Crippen LogP contribution is -1.95. The first-order valence-electron chi connectivity index (χ1n) is 6.33. The lowest BCUT2D eigenvalue weighted by Gasteiger charge is -2.09. The smallest absolute Gasteiger partial charge is 0.118 e. The van der Waals surface area contributed by atoms with Gasteiger partial charge in [0.25, 0.3) is 0 Å². The Morgan fingerprint density at radius 1 is 1.05 bits per heavy atom. The van der Waals surface area contributed by atoms with Gasteiger partial charge >= 0.3 is 0 Å². The molecule has 98 valence electrons. The van der Waals surface area contributed by atoms with Gasteiger partial charge in [0.2, 0.25) is 0 Å². The molecule has 0 aliphatic rings. The second-order valence-corrected chi connectivity index (χ2v) is 4.34. The highest BCUT2D eigenvalue weighted by atomic mass is 16.5. The third-order valence-electron chi connectivity index (χ3n) is 2.97. The minimum atomic E-state index is -0.481. The van der Waals surface area contributed by atoms with Crippen LogP contribution in [-0.4, -0.2) is 12.2 Å². The van der Waals surface area contributed by atoms with Crippen molar-refractivity contribution in [1.82, 2.24) is 0 Å². The van der Waals surface area contributed by atoms with Crippen molar-refractivity contribution in [3.63, 3.8) is 0 Å². The molecule has 19 heavy (non-hydrogen) atoms. The van der Waals surface area contributed by atoms with Crippen LogP contribution >= 0.6 is 0 Å². The van der Waals surface area contributed by atoms with E-state index in [0.29, 0.717) is 6.42 Å². The maximum Gasteiger partial charge on any atom is 0.118 e. The zero-order valence-electron chi connectivity index (χ0n) is 11.0. The number of aliphatic hydroxyl groups is 1. The predicted octanol–water partition coefficient (Wildman–Crippen LogP) is 3.83. The summed E-state index contributed by atoms with van der Waals surface area (Å²) in [5, 5.41) is 10.1. The molecule has 0 aromatic heterocycles. The van der Waals surface area contributed by atoms with Crippen LogP contribution in [0.1, 0.15) is 23.7 Å². The molecule has 0 fully saturated rings. The number of aliphatic hydroxyl groups excluding tert-OH is 1. The third-order valence-corrected chi connectivity index (χ3v) is 2.97. The molecule has 0 unspecified atom stereocenters. The largest absolute Gasteiger partial charge is 0.497 e. The Morgan fingerprint density at radius 2 is 1.74 bits per heavy atom. The molecule has 0 radical (unpaired) electrons. The molecule has 2 aromatic carbocycles. The maximum atomic E-state index is 10.1. The van der Waals surface area contributed by atoms with Crippen LogP contribution in [0, 0.1) is 0 Å². The van der Waals surface area contributed by atoms with Crippen molar-refractivity contribution in [1.29, 1.82) is 0 Å². The average Bonchev–Trinajstić information content (AvgIpc) is 2.48. The second-order valence-electron chi connectivity index (χ2n) is 4.34. The molecule has 0 aliphatic carbocycles. The van der Waals surface area contributed by atoms with Gasteiger partial charge < -0.3 is 9.84 Å². The Morgan fingerprint density at radius 3 is 2.37 bits per heavy atom. The van der Waals surface area contributed by atoms with Gasteiger partial charge in [0.05, 0.1) is 13.2 Å². The van der Waals surface area contributed by atoms with E-state index in [9.17, 15) is 5.11 Å². The van der Waals surface area contributed by atoms with Crippen molar-refractivity contribution in [2.45, 2.75) is 12.5 Å². The molecule has 1 N–H and O–H groups in total. The summed E-state index contributed by atoms with van der Waals surface area (Å²) in [6.45, 7) is 0.